The van der Waals surface area contributed by atoms with Gasteiger partial charge < -0.3 is 9.73 Å². The lowest BCUT2D eigenvalue weighted by molar-refractivity contribution is -0.115. The molecule has 128 valence electrons. The summed E-state index contributed by atoms with van der Waals surface area (Å²) in [5.41, 5.74) is 1.04. The molecule has 0 amide bonds. The van der Waals surface area contributed by atoms with Crippen molar-refractivity contribution in [1.29, 1.82) is 5.41 Å². The summed E-state index contributed by atoms with van der Waals surface area (Å²) in [6.07, 6.45) is -1.44. The van der Waals surface area contributed by atoms with E-state index in [9.17, 15) is 18.0 Å². The predicted octanol–water partition coefficient (Wildman–Crippen LogP) is 4.03. The Kier molecular flexibility index (Phi) is 4.26. The van der Waals surface area contributed by atoms with Crippen LogP contribution in [0.3, 0.4) is 0 Å². The van der Waals surface area contributed by atoms with Gasteiger partial charge in [0.15, 0.2) is 6.29 Å². The molecule has 3 rings (SSSR count). The Bertz CT molecular complexity index is 948. The molecule has 1 aromatic carbocycles. The standard InChI is InChI=1S/C17H12F3N3O2/c18-17(19,20)9-23-14-5-10(7-24)22-6-12(14)16(21)13-8-25-15-4-2-1-3-11(13)15/h1-8,21H,9H2,(H,22,23). The molecule has 0 saturated carbocycles. The van der Waals surface area contributed by atoms with Gasteiger partial charge in [0.1, 0.15) is 24.1 Å². The summed E-state index contributed by atoms with van der Waals surface area (Å²) in [4.78, 5) is 14.7. The van der Waals surface area contributed by atoms with Crippen LogP contribution in [0.1, 0.15) is 21.6 Å². The fourth-order valence-electron chi connectivity index (χ4n) is 2.39. The average Bonchev–Trinajstić information content (AvgIpc) is 3.02. The van der Waals surface area contributed by atoms with E-state index in [1.807, 2.05) is 0 Å². The largest absolute Gasteiger partial charge is 0.464 e. The average molecular weight is 347 g/mol. The first kappa shape index (κ1) is 16.7. The first-order valence-corrected chi connectivity index (χ1v) is 7.20. The molecule has 25 heavy (non-hydrogen) atoms. The Morgan fingerprint density at radius 1 is 1.28 bits per heavy atom. The number of rotatable bonds is 5. The summed E-state index contributed by atoms with van der Waals surface area (Å²) in [6.45, 7) is -1.29. The van der Waals surface area contributed by atoms with Crippen molar-refractivity contribution in [2.75, 3.05) is 11.9 Å². The topological polar surface area (TPSA) is 79.0 Å². The van der Waals surface area contributed by atoms with E-state index < -0.39 is 12.7 Å². The molecule has 5 nitrogen and oxygen atoms in total. The lowest BCUT2D eigenvalue weighted by atomic mass is 10.0. The number of fused-ring (bicyclic) bond motifs is 1. The van der Waals surface area contributed by atoms with Gasteiger partial charge in [0.25, 0.3) is 0 Å². The molecule has 0 spiro atoms. The number of para-hydroxylation sites is 1. The number of furan rings is 1. The Morgan fingerprint density at radius 3 is 2.76 bits per heavy atom. The van der Waals surface area contributed by atoms with E-state index in [0.717, 1.165) is 0 Å². The monoisotopic (exact) mass is 347 g/mol. The van der Waals surface area contributed by atoms with Crippen molar-refractivity contribution >= 4 is 28.7 Å². The maximum atomic E-state index is 12.5. The SMILES string of the molecule is N=C(c1cnc(C=O)cc1NCC(F)(F)F)c1coc2ccccc12. The van der Waals surface area contributed by atoms with E-state index in [1.165, 1.54) is 18.5 Å². The van der Waals surface area contributed by atoms with Crippen LogP contribution in [0.25, 0.3) is 11.0 Å². The van der Waals surface area contributed by atoms with E-state index in [1.54, 1.807) is 24.3 Å². The number of aromatic nitrogens is 1. The maximum Gasteiger partial charge on any atom is 0.405 e. The summed E-state index contributed by atoms with van der Waals surface area (Å²) in [5.74, 6) is 0. The second-order valence-electron chi connectivity index (χ2n) is 5.26. The quantitative estimate of drug-likeness (QED) is 0.539. The van der Waals surface area contributed by atoms with Crippen LogP contribution < -0.4 is 5.32 Å². The summed E-state index contributed by atoms with van der Waals surface area (Å²) < 4.78 is 42.9. The van der Waals surface area contributed by atoms with E-state index in [4.69, 9.17) is 9.83 Å². The molecule has 0 unspecified atom stereocenters. The predicted molar refractivity (Wildman–Crippen MR) is 86.3 cm³/mol. The Labute approximate surface area is 140 Å². The number of aldehydes is 1. The zero-order chi connectivity index (χ0) is 18.0. The number of benzene rings is 1. The van der Waals surface area contributed by atoms with Crippen molar-refractivity contribution in [3.05, 3.63) is 59.6 Å². The summed E-state index contributed by atoms with van der Waals surface area (Å²) in [7, 11) is 0. The number of alkyl halides is 3. The molecule has 2 N–H and O–H groups in total. The van der Waals surface area contributed by atoms with Gasteiger partial charge in [-0.3, -0.25) is 15.2 Å². The zero-order valence-corrected chi connectivity index (χ0v) is 12.7. The van der Waals surface area contributed by atoms with Gasteiger partial charge in [-0.15, -0.1) is 0 Å². The minimum atomic E-state index is -4.44. The van der Waals surface area contributed by atoms with Crippen molar-refractivity contribution in [1.82, 2.24) is 4.98 Å². The number of nitrogens with zero attached hydrogens (tertiary/aromatic N) is 1. The summed E-state index contributed by atoms with van der Waals surface area (Å²) >= 11 is 0. The normalized spacial score (nSPS) is 11.5. The van der Waals surface area contributed by atoms with Gasteiger partial charge in [-0.05, 0) is 12.1 Å². The molecular weight excluding hydrogens is 335 g/mol. The van der Waals surface area contributed by atoms with Crippen LogP contribution in [-0.2, 0) is 0 Å². The van der Waals surface area contributed by atoms with E-state index in [0.29, 0.717) is 22.8 Å². The number of anilines is 1. The zero-order valence-electron chi connectivity index (χ0n) is 12.7. The number of pyridine rings is 1. The van der Waals surface area contributed by atoms with Crippen LogP contribution in [0.15, 0.2) is 47.2 Å². The van der Waals surface area contributed by atoms with Gasteiger partial charge in [-0.2, -0.15) is 13.2 Å². The molecule has 2 aromatic heterocycles. The van der Waals surface area contributed by atoms with E-state index in [-0.39, 0.29) is 22.7 Å². The van der Waals surface area contributed by atoms with Gasteiger partial charge in [0.2, 0.25) is 0 Å². The van der Waals surface area contributed by atoms with Crippen molar-refractivity contribution in [3.63, 3.8) is 0 Å². The number of hydrogen-bond donors (Lipinski definition) is 2. The number of nitrogens with one attached hydrogen (secondary N) is 2. The highest BCUT2D eigenvalue weighted by atomic mass is 19.4. The Balaban J connectivity index is 2.03. The second-order valence-corrected chi connectivity index (χ2v) is 5.26. The highest BCUT2D eigenvalue weighted by molar-refractivity contribution is 6.19. The number of carbonyl (C=O) groups is 1. The first-order chi connectivity index (χ1) is 11.9. The van der Waals surface area contributed by atoms with Gasteiger partial charge in [-0.1, -0.05) is 18.2 Å². The van der Waals surface area contributed by atoms with Crippen LogP contribution in [0.2, 0.25) is 0 Å². The molecule has 0 fully saturated rings. The molecule has 2 heterocycles. The van der Waals surface area contributed by atoms with Crippen LogP contribution in [0.5, 0.6) is 0 Å². The van der Waals surface area contributed by atoms with Crippen LogP contribution >= 0.6 is 0 Å². The fourth-order valence-corrected chi connectivity index (χ4v) is 2.39. The molecule has 0 aliphatic heterocycles. The molecular formula is C17H12F3N3O2. The molecule has 0 bridgehead atoms. The molecule has 0 saturated heterocycles. The van der Waals surface area contributed by atoms with Crippen LogP contribution in [0, 0.1) is 5.41 Å². The third-order valence-electron chi connectivity index (χ3n) is 3.54. The third kappa shape index (κ3) is 3.52. The van der Waals surface area contributed by atoms with Crippen molar-refractivity contribution in [2.24, 2.45) is 0 Å². The molecule has 0 aliphatic rings. The molecule has 0 aliphatic carbocycles. The lowest BCUT2D eigenvalue weighted by Crippen LogP contribution is -2.22. The number of halogens is 3. The summed E-state index contributed by atoms with van der Waals surface area (Å²) in [6, 6.07) is 8.20. The Morgan fingerprint density at radius 2 is 2.04 bits per heavy atom. The van der Waals surface area contributed by atoms with Gasteiger partial charge in [0, 0.05) is 28.4 Å². The van der Waals surface area contributed by atoms with Gasteiger partial charge in [-0.25, -0.2) is 0 Å². The molecule has 8 heteroatoms. The minimum absolute atomic E-state index is 0.00436. The first-order valence-electron chi connectivity index (χ1n) is 7.20. The van der Waals surface area contributed by atoms with Crippen molar-refractivity contribution in [3.8, 4) is 0 Å². The van der Waals surface area contributed by atoms with Crippen molar-refractivity contribution < 1.29 is 22.4 Å². The molecule has 3 aromatic rings. The minimum Gasteiger partial charge on any atom is -0.464 e. The summed E-state index contributed by atoms with van der Waals surface area (Å²) in [5, 5.41) is 11.2. The van der Waals surface area contributed by atoms with Gasteiger partial charge in [0.05, 0.1) is 5.71 Å². The smallest absolute Gasteiger partial charge is 0.405 e. The lowest BCUT2D eigenvalue weighted by Gasteiger charge is -2.14. The highest BCUT2D eigenvalue weighted by Crippen LogP contribution is 2.27. The second kappa shape index (κ2) is 6.39. The third-order valence-corrected chi connectivity index (χ3v) is 3.54. The number of carbonyl (C=O) groups excluding carboxylic acids is 1. The van der Waals surface area contributed by atoms with Crippen molar-refractivity contribution in [2.45, 2.75) is 6.18 Å². The maximum absolute atomic E-state index is 12.5. The fraction of sp³-hybridized carbons (Fsp3) is 0.118. The van der Waals surface area contributed by atoms with Gasteiger partial charge >= 0.3 is 6.18 Å². The number of hydrogen-bond acceptors (Lipinski definition) is 5. The van der Waals surface area contributed by atoms with E-state index >= 15 is 0 Å². The van der Waals surface area contributed by atoms with Crippen LogP contribution in [0.4, 0.5) is 18.9 Å². The molecule has 0 radical (unpaired) electrons. The van der Waals surface area contributed by atoms with E-state index in [2.05, 4.69) is 10.3 Å². The molecule has 0 atom stereocenters. The highest BCUT2D eigenvalue weighted by Gasteiger charge is 2.27. The van der Waals surface area contributed by atoms with Crippen LogP contribution in [-0.4, -0.2) is 29.7 Å². The Hall–Kier alpha value is -3.16.